The van der Waals surface area contributed by atoms with Crippen LogP contribution in [0.4, 0.5) is 4.79 Å². The zero-order valence-electron chi connectivity index (χ0n) is 15.2. The minimum atomic E-state index is -0.832. The van der Waals surface area contributed by atoms with E-state index >= 15 is 0 Å². The molecule has 2 atom stereocenters. The molecule has 2 aromatic rings. The average Bonchev–Trinajstić information content (AvgIpc) is 3.23. The number of alkyl carbamates (subject to hydrolysis) is 1. The van der Waals surface area contributed by atoms with Crippen molar-refractivity contribution in [3.63, 3.8) is 0 Å². The van der Waals surface area contributed by atoms with E-state index in [9.17, 15) is 14.4 Å². The van der Waals surface area contributed by atoms with Gasteiger partial charge in [-0.1, -0.05) is 56.7 Å². The number of hydrogen-bond donors (Lipinski definition) is 3. The zero-order valence-corrected chi connectivity index (χ0v) is 16.0. The SMILES string of the molecule is CC[C@H](C)[C@H](NC(=O)OCc1ccccc1)C(=O)NNC(=O)c1cccs1. The lowest BCUT2D eigenvalue weighted by Gasteiger charge is -2.23. The van der Waals surface area contributed by atoms with Crippen LogP contribution in [0, 0.1) is 5.92 Å². The van der Waals surface area contributed by atoms with E-state index in [0.717, 1.165) is 5.56 Å². The molecule has 1 heterocycles. The van der Waals surface area contributed by atoms with Crippen LogP contribution in [0.25, 0.3) is 0 Å². The quantitative estimate of drug-likeness (QED) is 0.635. The number of hydrogen-bond acceptors (Lipinski definition) is 5. The van der Waals surface area contributed by atoms with Crippen molar-refractivity contribution in [2.75, 3.05) is 0 Å². The van der Waals surface area contributed by atoms with Crippen LogP contribution in [0.3, 0.4) is 0 Å². The van der Waals surface area contributed by atoms with Crippen LogP contribution in [-0.4, -0.2) is 23.9 Å². The van der Waals surface area contributed by atoms with Crippen molar-refractivity contribution in [1.29, 1.82) is 0 Å². The minimum Gasteiger partial charge on any atom is -0.445 e. The molecule has 8 heteroatoms. The Bertz CT molecular complexity index is 750. The first-order chi connectivity index (χ1) is 13.0. The van der Waals surface area contributed by atoms with Crippen LogP contribution < -0.4 is 16.2 Å². The van der Waals surface area contributed by atoms with Crippen LogP contribution in [0.2, 0.25) is 0 Å². The van der Waals surface area contributed by atoms with Crippen LogP contribution in [0.1, 0.15) is 35.5 Å². The number of benzene rings is 1. The topological polar surface area (TPSA) is 96.5 Å². The first kappa shape index (κ1) is 20.4. The van der Waals surface area contributed by atoms with Crippen molar-refractivity contribution in [2.24, 2.45) is 5.92 Å². The molecular formula is C19H23N3O4S. The maximum absolute atomic E-state index is 12.4. The zero-order chi connectivity index (χ0) is 19.6. The highest BCUT2D eigenvalue weighted by Gasteiger charge is 2.27. The van der Waals surface area contributed by atoms with Crippen molar-refractivity contribution in [1.82, 2.24) is 16.2 Å². The van der Waals surface area contributed by atoms with E-state index in [4.69, 9.17) is 4.74 Å². The van der Waals surface area contributed by atoms with E-state index in [1.807, 2.05) is 44.2 Å². The number of carbonyl (C=O) groups is 3. The van der Waals surface area contributed by atoms with Gasteiger partial charge in [0.25, 0.3) is 11.8 Å². The molecule has 0 bridgehead atoms. The fourth-order valence-corrected chi connectivity index (χ4v) is 2.88. The molecule has 0 unspecified atom stereocenters. The predicted molar refractivity (Wildman–Crippen MR) is 103 cm³/mol. The van der Waals surface area contributed by atoms with Gasteiger partial charge in [-0.15, -0.1) is 11.3 Å². The Labute approximate surface area is 162 Å². The van der Waals surface area contributed by atoms with Gasteiger partial charge in [-0.3, -0.25) is 20.4 Å². The van der Waals surface area contributed by atoms with Gasteiger partial charge in [-0.2, -0.15) is 0 Å². The number of ether oxygens (including phenoxy) is 1. The Balaban J connectivity index is 1.88. The van der Waals surface area contributed by atoms with Crippen LogP contribution in [-0.2, 0) is 16.1 Å². The molecule has 0 saturated carbocycles. The number of amides is 3. The van der Waals surface area contributed by atoms with E-state index < -0.39 is 23.9 Å². The summed E-state index contributed by atoms with van der Waals surface area (Å²) < 4.78 is 5.17. The van der Waals surface area contributed by atoms with Crippen molar-refractivity contribution < 1.29 is 19.1 Å². The van der Waals surface area contributed by atoms with Crippen LogP contribution in [0.15, 0.2) is 47.8 Å². The summed E-state index contributed by atoms with van der Waals surface area (Å²) in [5, 5.41) is 4.34. The normalized spacial score (nSPS) is 12.5. The second-order valence-corrected chi connectivity index (χ2v) is 6.94. The summed E-state index contributed by atoms with van der Waals surface area (Å²) in [5.41, 5.74) is 5.57. The maximum atomic E-state index is 12.4. The fourth-order valence-electron chi connectivity index (χ4n) is 2.26. The third kappa shape index (κ3) is 6.41. The van der Waals surface area contributed by atoms with E-state index in [1.165, 1.54) is 11.3 Å². The van der Waals surface area contributed by atoms with Crippen molar-refractivity contribution in [3.05, 3.63) is 58.3 Å². The summed E-state index contributed by atoms with van der Waals surface area (Å²) in [5.74, 6) is -1.06. The number of nitrogens with one attached hydrogen (secondary N) is 3. The largest absolute Gasteiger partial charge is 0.445 e. The van der Waals surface area contributed by atoms with Crippen molar-refractivity contribution in [3.8, 4) is 0 Å². The summed E-state index contributed by atoms with van der Waals surface area (Å²) in [6, 6.07) is 11.8. The number of carbonyl (C=O) groups excluding carboxylic acids is 3. The molecule has 0 aliphatic heterocycles. The molecule has 0 aliphatic rings. The molecule has 144 valence electrons. The molecule has 0 saturated heterocycles. The van der Waals surface area contributed by atoms with Gasteiger partial charge in [0, 0.05) is 0 Å². The second-order valence-electron chi connectivity index (χ2n) is 5.99. The third-order valence-corrected chi connectivity index (χ3v) is 4.89. The van der Waals surface area contributed by atoms with Gasteiger partial charge in [0.2, 0.25) is 0 Å². The molecule has 0 fully saturated rings. The second kappa shape index (κ2) is 10.3. The van der Waals surface area contributed by atoms with Crippen LogP contribution >= 0.6 is 11.3 Å². The monoisotopic (exact) mass is 389 g/mol. The molecule has 27 heavy (non-hydrogen) atoms. The molecule has 1 aromatic carbocycles. The first-order valence-electron chi connectivity index (χ1n) is 8.62. The van der Waals surface area contributed by atoms with Gasteiger partial charge < -0.3 is 10.1 Å². The third-order valence-electron chi connectivity index (χ3n) is 4.03. The van der Waals surface area contributed by atoms with Crippen molar-refractivity contribution >= 4 is 29.2 Å². The summed E-state index contributed by atoms with van der Waals surface area (Å²) in [6.45, 7) is 3.85. The minimum absolute atomic E-state index is 0.108. The molecule has 1 aromatic heterocycles. The molecule has 0 aliphatic carbocycles. The van der Waals surface area contributed by atoms with E-state index in [0.29, 0.717) is 11.3 Å². The Morgan fingerprint density at radius 2 is 1.81 bits per heavy atom. The molecule has 7 nitrogen and oxygen atoms in total. The lowest BCUT2D eigenvalue weighted by atomic mass is 9.99. The van der Waals surface area contributed by atoms with Crippen LogP contribution in [0.5, 0.6) is 0 Å². The molecule has 3 N–H and O–H groups in total. The lowest BCUT2D eigenvalue weighted by molar-refractivity contribution is -0.125. The number of rotatable bonds is 7. The van der Waals surface area contributed by atoms with Gasteiger partial charge in [-0.05, 0) is 22.9 Å². The smallest absolute Gasteiger partial charge is 0.408 e. The standard InChI is InChI=1S/C19H23N3O4S/c1-3-13(2)16(18(24)22-21-17(23)15-10-7-11-27-15)20-19(25)26-12-14-8-5-4-6-9-14/h4-11,13,16H,3,12H2,1-2H3,(H,20,25)(H,21,23)(H,22,24)/t13-,16-/m0/s1. The van der Waals surface area contributed by atoms with Gasteiger partial charge in [-0.25, -0.2) is 4.79 Å². The number of hydrazine groups is 1. The Hall–Kier alpha value is -2.87. The highest BCUT2D eigenvalue weighted by molar-refractivity contribution is 7.12. The fraction of sp³-hybridized carbons (Fsp3) is 0.316. The number of thiophene rings is 1. The molecule has 3 amide bonds. The predicted octanol–water partition coefficient (Wildman–Crippen LogP) is 2.85. The van der Waals surface area contributed by atoms with E-state index in [-0.39, 0.29) is 12.5 Å². The molecular weight excluding hydrogens is 366 g/mol. The van der Waals surface area contributed by atoms with Crippen molar-refractivity contribution in [2.45, 2.75) is 32.9 Å². The Morgan fingerprint density at radius 3 is 2.44 bits per heavy atom. The first-order valence-corrected chi connectivity index (χ1v) is 9.50. The average molecular weight is 389 g/mol. The van der Waals surface area contributed by atoms with E-state index in [2.05, 4.69) is 16.2 Å². The summed E-state index contributed by atoms with van der Waals surface area (Å²) in [4.78, 5) is 36.9. The van der Waals surface area contributed by atoms with Gasteiger partial charge in [0.1, 0.15) is 12.6 Å². The van der Waals surface area contributed by atoms with Gasteiger partial charge in [0.05, 0.1) is 4.88 Å². The summed E-state index contributed by atoms with van der Waals surface area (Å²) in [7, 11) is 0. The highest BCUT2D eigenvalue weighted by Crippen LogP contribution is 2.10. The summed E-state index contributed by atoms with van der Waals surface area (Å²) in [6.07, 6.45) is -0.0282. The van der Waals surface area contributed by atoms with Gasteiger partial charge >= 0.3 is 6.09 Å². The van der Waals surface area contributed by atoms with E-state index in [1.54, 1.807) is 17.5 Å². The molecule has 0 radical (unpaired) electrons. The highest BCUT2D eigenvalue weighted by atomic mass is 32.1. The Morgan fingerprint density at radius 1 is 1.07 bits per heavy atom. The Kier molecular flexibility index (Phi) is 7.81. The lowest BCUT2D eigenvalue weighted by Crippen LogP contribution is -2.54. The van der Waals surface area contributed by atoms with Gasteiger partial charge in [0.15, 0.2) is 0 Å². The molecule has 0 spiro atoms. The summed E-state index contributed by atoms with van der Waals surface area (Å²) >= 11 is 1.26. The maximum Gasteiger partial charge on any atom is 0.408 e. The molecule has 2 rings (SSSR count).